The smallest absolute Gasteiger partial charge is 0.407 e. The number of alkyl carbamates (subject to hydrolysis) is 1. The number of benzene rings is 2. The maximum absolute atomic E-state index is 14.4. The standard InChI is InChI=1S/C34H38ClF6N9O3/c1-33(2,3)12-13-43-31(42)49(27(51)20-8-6-19(7-9-20)22-15-45-48(16-22)29(38)39)25(17-53-32(52)47-34(4,5)28(36)37)21-10-11-24(35)23(14-21)26-44-18-46-50(26)30(40)41/h6-11,14-16,18,25,28-30H,12-13,17H2,1-5H3,(H2,42,43)(H,47,52)/t25-/m1/s1. The molecule has 53 heavy (non-hydrogen) atoms. The van der Waals surface area contributed by atoms with E-state index in [1.807, 2.05) is 20.8 Å². The van der Waals surface area contributed by atoms with Crippen LogP contribution in [0.15, 0.2) is 66.2 Å². The zero-order valence-electron chi connectivity index (χ0n) is 29.3. The lowest BCUT2D eigenvalue weighted by atomic mass is 9.92. The zero-order valence-corrected chi connectivity index (χ0v) is 30.0. The van der Waals surface area contributed by atoms with Crippen LogP contribution in [0, 0.1) is 5.41 Å². The molecule has 2 heterocycles. The maximum Gasteiger partial charge on any atom is 0.407 e. The third kappa shape index (κ3) is 10.3. The maximum atomic E-state index is 14.4. The van der Waals surface area contributed by atoms with Gasteiger partial charge in [0.25, 0.3) is 12.3 Å². The number of aromatic nitrogens is 5. The molecule has 1 atom stereocenters. The van der Waals surface area contributed by atoms with E-state index in [9.17, 15) is 35.9 Å². The van der Waals surface area contributed by atoms with Gasteiger partial charge in [-0.05, 0) is 61.1 Å². The van der Waals surface area contributed by atoms with Crippen LogP contribution in [0.2, 0.25) is 5.02 Å². The van der Waals surface area contributed by atoms with Crippen molar-refractivity contribution in [3.63, 3.8) is 0 Å². The second-order valence-corrected chi connectivity index (χ2v) is 14.0. The number of carbonyl (C=O) groups is 2. The van der Waals surface area contributed by atoms with Gasteiger partial charge in [0.05, 0.1) is 22.8 Å². The molecule has 0 aliphatic heterocycles. The summed E-state index contributed by atoms with van der Waals surface area (Å²) in [6, 6.07) is 8.53. The zero-order chi connectivity index (χ0) is 39.2. The average Bonchev–Trinajstić information content (AvgIpc) is 3.77. The first kappa shape index (κ1) is 40.6. The van der Waals surface area contributed by atoms with E-state index in [1.54, 1.807) is 0 Å². The van der Waals surface area contributed by atoms with Gasteiger partial charge in [-0.15, -0.1) is 0 Å². The van der Waals surface area contributed by atoms with Crippen LogP contribution >= 0.6 is 11.6 Å². The molecule has 2 aromatic heterocycles. The number of hydrogen-bond acceptors (Lipinski definition) is 7. The Morgan fingerprint density at radius 2 is 1.66 bits per heavy atom. The summed E-state index contributed by atoms with van der Waals surface area (Å²) in [5.74, 6) is -1.42. The molecule has 19 heteroatoms. The van der Waals surface area contributed by atoms with Gasteiger partial charge in [0, 0.05) is 29.4 Å². The largest absolute Gasteiger partial charge is 0.447 e. The van der Waals surface area contributed by atoms with Crippen molar-refractivity contribution in [2.24, 2.45) is 16.1 Å². The van der Waals surface area contributed by atoms with Crippen molar-refractivity contribution in [3.05, 3.63) is 77.3 Å². The fourth-order valence-corrected chi connectivity index (χ4v) is 5.06. The number of rotatable bonds is 13. The van der Waals surface area contributed by atoms with Gasteiger partial charge in [0.1, 0.15) is 12.9 Å². The molecule has 0 aliphatic carbocycles. The number of halogens is 7. The molecule has 0 unspecified atom stereocenters. The van der Waals surface area contributed by atoms with Crippen molar-refractivity contribution in [2.45, 2.75) is 72.1 Å². The SMILES string of the molecule is CC(C)(C)CCN=C(N)N(C(=O)c1ccc(-c2cnn(C(F)F)c2)cc1)[C@H](COC(=O)NC(C)(C)C(F)F)c1ccc(Cl)c(-c2ncnn2C(F)F)c1. The summed E-state index contributed by atoms with van der Waals surface area (Å²) in [5.41, 5.74) is 5.29. The molecule has 0 bridgehead atoms. The highest BCUT2D eigenvalue weighted by molar-refractivity contribution is 6.33. The van der Waals surface area contributed by atoms with Crippen molar-refractivity contribution in [1.29, 1.82) is 0 Å². The van der Waals surface area contributed by atoms with Gasteiger partial charge in [-0.2, -0.15) is 32.4 Å². The summed E-state index contributed by atoms with van der Waals surface area (Å²) < 4.78 is 87.2. The molecular formula is C34H38ClF6N9O3. The number of nitrogens with zero attached hydrogens (tertiary/aromatic N) is 7. The number of nitrogens with two attached hydrogens (primary N) is 1. The van der Waals surface area contributed by atoms with E-state index in [4.69, 9.17) is 22.1 Å². The van der Waals surface area contributed by atoms with Gasteiger partial charge >= 0.3 is 19.2 Å². The van der Waals surface area contributed by atoms with Gasteiger partial charge < -0.3 is 15.8 Å². The molecule has 2 amide bonds. The van der Waals surface area contributed by atoms with Crippen LogP contribution in [-0.2, 0) is 4.74 Å². The monoisotopic (exact) mass is 769 g/mol. The number of ether oxygens (including phenoxy) is 1. The lowest BCUT2D eigenvalue weighted by Crippen LogP contribution is -2.50. The van der Waals surface area contributed by atoms with Gasteiger partial charge in [0.15, 0.2) is 11.8 Å². The van der Waals surface area contributed by atoms with E-state index in [2.05, 4.69) is 25.5 Å². The van der Waals surface area contributed by atoms with E-state index in [1.165, 1.54) is 48.7 Å². The first-order chi connectivity index (χ1) is 24.8. The summed E-state index contributed by atoms with van der Waals surface area (Å²) in [4.78, 5) is 36.6. The van der Waals surface area contributed by atoms with Crippen LogP contribution < -0.4 is 11.1 Å². The number of amides is 2. The van der Waals surface area contributed by atoms with E-state index in [-0.39, 0.29) is 45.5 Å². The molecule has 4 rings (SSSR count). The summed E-state index contributed by atoms with van der Waals surface area (Å²) in [6.07, 6.45) is -0.413. The minimum absolute atomic E-state index is 0.0183. The topological polar surface area (TPSA) is 146 Å². The first-order valence-corrected chi connectivity index (χ1v) is 16.4. The molecule has 12 nitrogen and oxygen atoms in total. The number of carbonyl (C=O) groups excluding carboxylic acids is 2. The minimum Gasteiger partial charge on any atom is -0.447 e. The summed E-state index contributed by atoms with van der Waals surface area (Å²) in [6.45, 7) is 1.59. The second-order valence-electron chi connectivity index (χ2n) is 13.6. The summed E-state index contributed by atoms with van der Waals surface area (Å²) in [5, 5.41) is 9.24. The molecule has 0 radical (unpaired) electrons. The van der Waals surface area contributed by atoms with E-state index < -0.39 is 49.7 Å². The van der Waals surface area contributed by atoms with E-state index in [0.29, 0.717) is 26.9 Å². The summed E-state index contributed by atoms with van der Waals surface area (Å²) >= 11 is 6.43. The van der Waals surface area contributed by atoms with Crippen LogP contribution in [0.4, 0.5) is 31.1 Å². The average molecular weight is 770 g/mol. The van der Waals surface area contributed by atoms with Gasteiger partial charge in [-0.1, -0.05) is 50.6 Å². The van der Waals surface area contributed by atoms with Crippen molar-refractivity contribution in [1.82, 2.24) is 34.8 Å². The molecule has 4 aromatic rings. The van der Waals surface area contributed by atoms with Crippen molar-refractivity contribution in [3.8, 4) is 22.5 Å². The number of hydrogen-bond donors (Lipinski definition) is 2. The summed E-state index contributed by atoms with van der Waals surface area (Å²) in [7, 11) is 0. The highest BCUT2D eigenvalue weighted by Gasteiger charge is 2.35. The number of guanidine groups is 1. The Morgan fingerprint density at radius 3 is 2.25 bits per heavy atom. The molecule has 3 N–H and O–H groups in total. The highest BCUT2D eigenvalue weighted by atomic mass is 35.5. The minimum atomic E-state index is -3.09. The predicted octanol–water partition coefficient (Wildman–Crippen LogP) is 7.96. The molecule has 0 saturated heterocycles. The highest BCUT2D eigenvalue weighted by Crippen LogP contribution is 2.34. The fourth-order valence-electron chi connectivity index (χ4n) is 4.86. The number of alkyl halides is 6. The van der Waals surface area contributed by atoms with Crippen molar-refractivity contribution < 1.29 is 40.7 Å². The van der Waals surface area contributed by atoms with Crippen molar-refractivity contribution in [2.75, 3.05) is 13.2 Å². The Hall–Kier alpha value is -5.13. The Labute approximate surface area is 306 Å². The molecule has 2 aromatic carbocycles. The Morgan fingerprint density at radius 1 is 0.981 bits per heavy atom. The molecule has 286 valence electrons. The van der Waals surface area contributed by atoms with E-state index in [0.717, 1.165) is 31.3 Å². The van der Waals surface area contributed by atoms with Crippen LogP contribution in [0.3, 0.4) is 0 Å². The van der Waals surface area contributed by atoms with Crippen molar-refractivity contribution >= 4 is 29.6 Å². The normalized spacial score (nSPS) is 13.2. The quantitative estimate of drug-likeness (QED) is 0.0798. The third-order valence-electron chi connectivity index (χ3n) is 7.90. The number of nitrogens with one attached hydrogen (secondary N) is 1. The first-order valence-electron chi connectivity index (χ1n) is 16.1. The lowest BCUT2D eigenvalue weighted by Gasteiger charge is -2.32. The van der Waals surface area contributed by atoms with Crippen LogP contribution in [-0.4, -0.2) is 72.5 Å². The Balaban J connectivity index is 1.83. The molecule has 0 saturated carbocycles. The Bertz CT molecular complexity index is 1910. The second kappa shape index (κ2) is 16.7. The number of aliphatic imine (C=N–C) groups is 1. The molecule has 0 aliphatic rings. The molecular weight excluding hydrogens is 732 g/mol. The van der Waals surface area contributed by atoms with E-state index >= 15 is 0 Å². The van der Waals surface area contributed by atoms with Crippen LogP contribution in [0.5, 0.6) is 0 Å². The fraction of sp³-hybridized carbons (Fsp3) is 0.412. The van der Waals surface area contributed by atoms with Gasteiger partial charge in [-0.25, -0.2) is 23.2 Å². The van der Waals surface area contributed by atoms with Crippen LogP contribution in [0.25, 0.3) is 22.5 Å². The Kier molecular flexibility index (Phi) is 12.8. The molecule has 0 spiro atoms. The predicted molar refractivity (Wildman–Crippen MR) is 185 cm³/mol. The lowest BCUT2D eigenvalue weighted by molar-refractivity contribution is 0.0404. The molecule has 0 fully saturated rings. The van der Waals surface area contributed by atoms with Gasteiger partial charge in [-0.3, -0.25) is 14.7 Å². The van der Waals surface area contributed by atoms with Crippen LogP contribution in [0.1, 0.15) is 76.1 Å². The van der Waals surface area contributed by atoms with Gasteiger partial charge in [0.2, 0.25) is 0 Å². The third-order valence-corrected chi connectivity index (χ3v) is 8.23.